The normalized spacial score (nSPS) is 22.8. The Morgan fingerprint density at radius 1 is 1.54 bits per heavy atom. The maximum absolute atomic E-state index is 5.26. The fraction of sp³-hybridized carbons (Fsp3) is 0.500. The monoisotopic (exact) mass is 176 g/mol. The van der Waals surface area contributed by atoms with Crippen LogP contribution in [0.3, 0.4) is 0 Å². The Bertz CT molecular complexity index is 289. The van der Waals surface area contributed by atoms with E-state index in [0.29, 0.717) is 12.0 Å². The van der Waals surface area contributed by atoms with Crippen molar-refractivity contribution in [3.63, 3.8) is 0 Å². The lowest BCUT2D eigenvalue weighted by Gasteiger charge is -2.09. The van der Waals surface area contributed by atoms with Crippen molar-refractivity contribution >= 4 is 0 Å². The summed E-state index contributed by atoms with van der Waals surface area (Å²) in [6.45, 7) is 5.40. The van der Waals surface area contributed by atoms with Crippen LogP contribution in [0.5, 0.6) is 0 Å². The van der Waals surface area contributed by atoms with Crippen molar-refractivity contribution in [3.8, 4) is 0 Å². The molecule has 13 heavy (non-hydrogen) atoms. The number of hydrogen-bond acceptors (Lipinski definition) is 1. The van der Waals surface area contributed by atoms with Gasteiger partial charge in [0.05, 0.1) is 6.61 Å². The molecule has 0 bridgehead atoms. The second-order valence-electron chi connectivity index (χ2n) is 3.80. The molecule has 0 amide bonds. The molecule has 2 rings (SSSR count). The van der Waals surface area contributed by atoms with Gasteiger partial charge in [-0.15, -0.1) is 0 Å². The summed E-state index contributed by atoms with van der Waals surface area (Å²) in [6, 6.07) is 8.79. The molecular weight excluding hydrogens is 160 g/mol. The van der Waals surface area contributed by atoms with Gasteiger partial charge in [0.15, 0.2) is 0 Å². The number of benzene rings is 1. The summed E-state index contributed by atoms with van der Waals surface area (Å²) in [4.78, 5) is 0. The van der Waals surface area contributed by atoms with Gasteiger partial charge >= 0.3 is 0 Å². The quantitative estimate of drug-likeness (QED) is 0.644. The van der Waals surface area contributed by atoms with Crippen LogP contribution >= 0.6 is 0 Å². The molecule has 0 spiro atoms. The molecule has 1 saturated heterocycles. The fourth-order valence-electron chi connectivity index (χ4n) is 1.54. The van der Waals surface area contributed by atoms with Crippen molar-refractivity contribution in [2.75, 3.05) is 6.61 Å². The van der Waals surface area contributed by atoms with Crippen molar-refractivity contribution in [1.82, 2.24) is 0 Å². The molecule has 2 unspecified atom stereocenters. The van der Waals surface area contributed by atoms with E-state index in [-0.39, 0.29) is 0 Å². The predicted molar refractivity (Wildman–Crippen MR) is 53.8 cm³/mol. The highest BCUT2D eigenvalue weighted by Crippen LogP contribution is 2.31. The highest BCUT2D eigenvalue weighted by atomic mass is 16.6. The summed E-state index contributed by atoms with van der Waals surface area (Å²) in [6.07, 6.45) is 1.60. The van der Waals surface area contributed by atoms with Gasteiger partial charge in [-0.2, -0.15) is 0 Å². The van der Waals surface area contributed by atoms with Crippen LogP contribution in [-0.4, -0.2) is 6.61 Å². The molecule has 1 heteroatoms. The summed E-state index contributed by atoms with van der Waals surface area (Å²) in [5, 5.41) is 0. The third-order valence-electron chi connectivity index (χ3n) is 2.80. The molecule has 2 atom stereocenters. The lowest BCUT2D eigenvalue weighted by molar-refractivity contribution is 0.415. The average molecular weight is 176 g/mol. The first-order valence-electron chi connectivity index (χ1n) is 5.02. The Morgan fingerprint density at radius 3 is 2.92 bits per heavy atom. The van der Waals surface area contributed by atoms with Gasteiger partial charge in [0, 0.05) is 0 Å². The van der Waals surface area contributed by atoms with Crippen LogP contribution in [0.2, 0.25) is 0 Å². The van der Waals surface area contributed by atoms with Gasteiger partial charge in [0.25, 0.3) is 0 Å². The van der Waals surface area contributed by atoms with E-state index in [9.17, 15) is 0 Å². The van der Waals surface area contributed by atoms with Crippen molar-refractivity contribution in [1.29, 1.82) is 0 Å². The van der Waals surface area contributed by atoms with Crippen LogP contribution in [0.25, 0.3) is 0 Å². The molecule has 70 valence electrons. The smallest absolute Gasteiger partial charge is 0.106 e. The summed E-state index contributed by atoms with van der Waals surface area (Å²) in [5.41, 5.74) is 2.79. The molecule has 0 N–H and O–H groups in total. The van der Waals surface area contributed by atoms with Crippen LogP contribution in [0.1, 0.15) is 43.4 Å². The van der Waals surface area contributed by atoms with Crippen LogP contribution in [0.4, 0.5) is 0 Å². The number of hydrogen-bond donors (Lipinski definition) is 0. The molecule has 1 heterocycles. The first kappa shape index (κ1) is 8.76. The molecule has 0 saturated carbocycles. The van der Waals surface area contributed by atoms with E-state index < -0.39 is 0 Å². The predicted octanol–water partition coefficient (Wildman–Crippen LogP) is 3.27. The van der Waals surface area contributed by atoms with Gasteiger partial charge in [0.1, 0.15) is 6.10 Å². The van der Waals surface area contributed by atoms with Gasteiger partial charge in [0.2, 0.25) is 0 Å². The fourth-order valence-corrected chi connectivity index (χ4v) is 1.54. The van der Waals surface area contributed by atoms with E-state index >= 15 is 0 Å². The van der Waals surface area contributed by atoms with Gasteiger partial charge in [-0.3, -0.25) is 0 Å². The van der Waals surface area contributed by atoms with Crippen LogP contribution in [0, 0.1) is 0 Å². The van der Waals surface area contributed by atoms with Crippen molar-refractivity contribution < 1.29 is 4.74 Å². The van der Waals surface area contributed by atoms with E-state index in [0.717, 1.165) is 6.61 Å². The minimum atomic E-state index is 0.393. The Labute approximate surface area is 79.7 Å². The topological polar surface area (TPSA) is 12.5 Å². The maximum atomic E-state index is 5.26. The van der Waals surface area contributed by atoms with Crippen molar-refractivity contribution in [2.24, 2.45) is 0 Å². The molecular formula is C12H16O. The molecule has 1 aliphatic rings. The Balaban J connectivity index is 2.21. The molecule has 0 aromatic heterocycles. The summed E-state index contributed by atoms with van der Waals surface area (Å²) < 4.78 is 5.26. The molecule has 0 aliphatic carbocycles. The summed E-state index contributed by atoms with van der Waals surface area (Å²) >= 11 is 0. The SMILES string of the molecule is CCC(C)c1cccc(C2CO2)c1. The summed E-state index contributed by atoms with van der Waals surface area (Å²) in [7, 11) is 0. The number of ether oxygens (including phenoxy) is 1. The Morgan fingerprint density at radius 2 is 2.31 bits per heavy atom. The minimum absolute atomic E-state index is 0.393. The van der Waals surface area contributed by atoms with Gasteiger partial charge in [-0.05, 0) is 23.5 Å². The number of epoxide rings is 1. The summed E-state index contributed by atoms with van der Waals surface area (Å²) in [5.74, 6) is 0.665. The van der Waals surface area contributed by atoms with Crippen molar-refractivity contribution in [2.45, 2.75) is 32.3 Å². The molecule has 0 radical (unpaired) electrons. The van der Waals surface area contributed by atoms with Crippen molar-refractivity contribution in [3.05, 3.63) is 35.4 Å². The second-order valence-corrected chi connectivity index (χ2v) is 3.80. The Hall–Kier alpha value is -0.820. The molecule has 1 fully saturated rings. The van der Waals surface area contributed by atoms with Crippen LogP contribution < -0.4 is 0 Å². The minimum Gasteiger partial charge on any atom is -0.368 e. The maximum Gasteiger partial charge on any atom is 0.106 e. The third-order valence-corrected chi connectivity index (χ3v) is 2.80. The highest BCUT2D eigenvalue weighted by molar-refractivity contribution is 5.29. The van der Waals surface area contributed by atoms with Gasteiger partial charge in [-0.1, -0.05) is 38.1 Å². The molecule has 1 aromatic rings. The number of rotatable bonds is 3. The lowest BCUT2D eigenvalue weighted by Crippen LogP contribution is -1.92. The largest absolute Gasteiger partial charge is 0.368 e. The third kappa shape index (κ3) is 1.92. The van der Waals surface area contributed by atoms with Crippen LogP contribution in [0.15, 0.2) is 24.3 Å². The highest BCUT2D eigenvalue weighted by Gasteiger charge is 2.24. The molecule has 1 nitrogen and oxygen atoms in total. The zero-order valence-corrected chi connectivity index (χ0v) is 8.29. The van der Waals surface area contributed by atoms with E-state index in [1.54, 1.807) is 0 Å². The average Bonchev–Trinajstić information content (AvgIpc) is 3.00. The zero-order valence-electron chi connectivity index (χ0n) is 8.29. The van der Waals surface area contributed by atoms with Crippen LogP contribution in [-0.2, 0) is 4.74 Å². The first-order valence-corrected chi connectivity index (χ1v) is 5.02. The van der Waals surface area contributed by atoms with E-state index in [1.807, 2.05) is 0 Å². The van der Waals surface area contributed by atoms with Gasteiger partial charge < -0.3 is 4.74 Å². The van der Waals surface area contributed by atoms with Gasteiger partial charge in [-0.25, -0.2) is 0 Å². The second kappa shape index (κ2) is 3.51. The first-order chi connectivity index (χ1) is 6.31. The van der Waals surface area contributed by atoms with E-state index in [1.165, 1.54) is 17.5 Å². The Kier molecular flexibility index (Phi) is 2.36. The molecule has 1 aromatic carbocycles. The molecule has 1 aliphatic heterocycles. The van der Waals surface area contributed by atoms with E-state index in [4.69, 9.17) is 4.74 Å². The lowest BCUT2D eigenvalue weighted by atomic mass is 9.96. The van der Waals surface area contributed by atoms with E-state index in [2.05, 4.69) is 38.1 Å². The zero-order chi connectivity index (χ0) is 9.26. The standard InChI is InChI=1S/C12H16O/c1-3-9(2)10-5-4-6-11(7-10)12-8-13-12/h4-7,9,12H,3,8H2,1-2H3.